The van der Waals surface area contributed by atoms with Gasteiger partial charge in [0.1, 0.15) is 5.82 Å². The van der Waals surface area contributed by atoms with E-state index in [9.17, 15) is 17.6 Å². The number of hydrogen-bond donors (Lipinski definition) is 1. The molecule has 0 radical (unpaired) electrons. The molecular weight excluding hydrogens is 596 g/mol. The van der Waals surface area contributed by atoms with Crippen LogP contribution in [0.25, 0.3) is 0 Å². The van der Waals surface area contributed by atoms with Crippen LogP contribution < -0.4 is 9.62 Å². The second-order valence-corrected chi connectivity index (χ2v) is 14.3. The lowest BCUT2D eigenvalue weighted by molar-refractivity contribution is 0.0783. The monoisotopic (exact) mass is 631 g/mol. The van der Waals surface area contributed by atoms with Crippen LogP contribution in [-0.4, -0.2) is 58.2 Å². The molecule has 2 heterocycles. The highest BCUT2D eigenvalue weighted by Gasteiger charge is 2.53. The highest BCUT2D eigenvalue weighted by Crippen LogP contribution is 2.53. The van der Waals surface area contributed by atoms with Crippen LogP contribution in [0.1, 0.15) is 58.6 Å². The summed E-state index contributed by atoms with van der Waals surface area (Å²) in [5.41, 5.74) is 3.33. The molecular formula is C32H36Cl2FN3O3S. The third kappa shape index (κ3) is 6.05. The van der Waals surface area contributed by atoms with Crippen LogP contribution in [0.2, 0.25) is 10.0 Å². The zero-order chi connectivity index (χ0) is 30.2. The first kappa shape index (κ1) is 30.8. The van der Waals surface area contributed by atoms with Crippen LogP contribution in [0, 0.1) is 12.7 Å². The molecule has 1 unspecified atom stereocenters. The first-order chi connectivity index (χ1) is 19.9. The van der Waals surface area contributed by atoms with E-state index in [-0.39, 0.29) is 17.6 Å². The van der Waals surface area contributed by atoms with Gasteiger partial charge < -0.3 is 10.2 Å². The Morgan fingerprint density at radius 1 is 1.10 bits per heavy atom. The molecule has 2 atom stereocenters. The molecule has 2 aliphatic rings. The molecule has 3 aromatic rings. The van der Waals surface area contributed by atoms with Gasteiger partial charge in [-0.25, -0.2) is 12.8 Å². The number of halogens is 3. The number of likely N-dealkylation sites (N-methyl/N-ethyl adjacent to an activating group) is 1. The molecule has 2 aliphatic heterocycles. The van der Waals surface area contributed by atoms with Crippen LogP contribution in [0.4, 0.5) is 10.1 Å². The third-order valence-electron chi connectivity index (χ3n) is 8.82. The minimum atomic E-state index is -3.67. The lowest BCUT2D eigenvalue weighted by Gasteiger charge is -2.42. The first-order valence-corrected chi connectivity index (χ1v) is 16.8. The average molecular weight is 633 g/mol. The molecule has 5 rings (SSSR count). The molecule has 1 fully saturated rings. The number of anilines is 1. The number of nitrogens with zero attached hydrogens (tertiary/aromatic N) is 2. The molecule has 224 valence electrons. The summed E-state index contributed by atoms with van der Waals surface area (Å²) in [6.45, 7) is 3.78. The van der Waals surface area contributed by atoms with Crippen molar-refractivity contribution in [2.24, 2.45) is 0 Å². The van der Waals surface area contributed by atoms with Crippen molar-refractivity contribution < 1.29 is 17.6 Å². The van der Waals surface area contributed by atoms with Crippen molar-refractivity contribution in [3.63, 3.8) is 0 Å². The average Bonchev–Trinajstić information content (AvgIpc) is 3.20. The summed E-state index contributed by atoms with van der Waals surface area (Å²) in [5, 5.41) is 4.24. The van der Waals surface area contributed by atoms with Gasteiger partial charge in [0, 0.05) is 30.5 Å². The topological polar surface area (TPSA) is 69.7 Å². The number of carbonyl (C=O) groups is 1. The van der Waals surface area contributed by atoms with E-state index in [0.29, 0.717) is 66.6 Å². The van der Waals surface area contributed by atoms with Gasteiger partial charge in [-0.3, -0.25) is 9.10 Å². The first-order valence-electron chi connectivity index (χ1n) is 14.2. The molecule has 42 heavy (non-hydrogen) atoms. The number of carbonyl (C=O) groups excluding carboxylic acids is 1. The predicted molar refractivity (Wildman–Crippen MR) is 168 cm³/mol. The van der Waals surface area contributed by atoms with Crippen LogP contribution in [-0.2, 0) is 15.4 Å². The lowest BCUT2D eigenvalue weighted by atomic mass is 9.68. The Labute approximate surface area is 257 Å². The zero-order valence-corrected chi connectivity index (χ0v) is 26.4. The standard InChI is InChI=1S/C32H36Cl2FN3O3S/c1-21-5-4-6-23(17-21)31(39)37(2)20-24(22-7-10-27(33)28(34)18-22)8-12-30-32(13-15-36-16-14-32)26-19-25(35)9-11-29(26)38(30)42(3,40)41/h4-7,9-11,17-19,24,30,36H,8,12-16,20H2,1-3H3/t24-,30?/m1/s1. The molecule has 0 aliphatic carbocycles. The van der Waals surface area contributed by atoms with Crippen molar-refractivity contribution >= 4 is 44.8 Å². The largest absolute Gasteiger partial charge is 0.341 e. The summed E-state index contributed by atoms with van der Waals surface area (Å²) in [7, 11) is -1.89. The molecule has 1 amide bonds. The minimum Gasteiger partial charge on any atom is -0.341 e. The van der Waals surface area contributed by atoms with E-state index >= 15 is 0 Å². The second kappa shape index (κ2) is 12.2. The summed E-state index contributed by atoms with van der Waals surface area (Å²) >= 11 is 12.7. The Bertz CT molecular complexity index is 1590. The summed E-state index contributed by atoms with van der Waals surface area (Å²) in [4.78, 5) is 15.1. The van der Waals surface area contributed by atoms with E-state index in [0.717, 1.165) is 16.7 Å². The van der Waals surface area contributed by atoms with Crippen molar-refractivity contribution in [2.75, 3.05) is 37.2 Å². The van der Waals surface area contributed by atoms with Crippen LogP contribution in [0.3, 0.4) is 0 Å². The summed E-state index contributed by atoms with van der Waals surface area (Å²) in [6, 6.07) is 17.0. The fourth-order valence-corrected chi connectivity index (χ4v) is 8.44. The minimum absolute atomic E-state index is 0.0971. The number of fused-ring (bicyclic) bond motifs is 2. The fourth-order valence-electron chi connectivity index (χ4n) is 6.85. The Kier molecular flexibility index (Phi) is 8.91. The van der Waals surface area contributed by atoms with E-state index in [1.54, 1.807) is 30.1 Å². The summed E-state index contributed by atoms with van der Waals surface area (Å²) in [5.74, 6) is -0.620. The van der Waals surface area contributed by atoms with Crippen LogP contribution >= 0.6 is 23.2 Å². The number of rotatable bonds is 8. The number of benzene rings is 3. The van der Waals surface area contributed by atoms with Crippen LogP contribution in [0.5, 0.6) is 0 Å². The maximum absolute atomic E-state index is 14.6. The Hall–Kier alpha value is -2.65. The summed E-state index contributed by atoms with van der Waals surface area (Å²) in [6.07, 6.45) is 3.71. The van der Waals surface area contributed by atoms with Crippen molar-refractivity contribution in [1.82, 2.24) is 10.2 Å². The molecule has 1 N–H and O–H groups in total. The predicted octanol–water partition coefficient (Wildman–Crippen LogP) is 6.55. The van der Waals surface area contributed by atoms with Gasteiger partial charge in [0.25, 0.3) is 5.91 Å². The van der Waals surface area contributed by atoms with Gasteiger partial charge in [-0.2, -0.15) is 0 Å². The zero-order valence-electron chi connectivity index (χ0n) is 24.0. The van der Waals surface area contributed by atoms with E-state index in [2.05, 4.69) is 5.32 Å². The maximum atomic E-state index is 14.6. The SMILES string of the molecule is Cc1cccc(C(=O)N(C)C[C@@H](CCC2N(S(C)(=O)=O)c3ccc(F)cc3C23CCNCC3)c2ccc(Cl)c(Cl)c2)c1. The van der Waals surface area contributed by atoms with Crippen molar-refractivity contribution in [1.29, 1.82) is 0 Å². The quantitative estimate of drug-likeness (QED) is 0.306. The van der Waals surface area contributed by atoms with Gasteiger partial charge in [-0.05, 0) is 99.3 Å². The highest BCUT2D eigenvalue weighted by molar-refractivity contribution is 7.92. The van der Waals surface area contributed by atoms with Crippen molar-refractivity contribution in [3.05, 3.63) is 98.8 Å². The van der Waals surface area contributed by atoms with E-state index in [1.807, 2.05) is 37.3 Å². The fraction of sp³-hybridized carbons (Fsp3) is 0.406. The Balaban J connectivity index is 1.50. The number of aryl methyl sites for hydroxylation is 1. The van der Waals surface area contributed by atoms with Gasteiger partial charge in [0.2, 0.25) is 10.0 Å². The molecule has 6 nitrogen and oxygen atoms in total. The normalized spacial score (nSPS) is 18.6. The Morgan fingerprint density at radius 3 is 2.50 bits per heavy atom. The van der Waals surface area contributed by atoms with Crippen LogP contribution in [0.15, 0.2) is 60.7 Å². The lowest BCUT2D eigenvalue weighted by Crippen LogP contribution is -2.52. The molecule has 0 aromatic heterocycles. The van der Waals surface area contributed by atoms with E-state index < -0.39 is 21.5 Å². The van der Waals surface area contributed by atoms with Gasteiger partial charge >= 0.3 is 0 Å². The third-order valence-corrected chi connectivity index (χ3v) is 10.7. The van der Waals surface area contributed by atoms with Gasteiger partial charge in [0.05, 0.1) is 28.0 Å². The van der Waals surface area contributed by atoms with Gasteiger partial charge in [-0.15, -0.1) is 0 Å². The molecule has 0 saturated carbocycles. The van der Waals surface area contributed by atoms with Crippen molar-refractivity contribution in [2.45, 2.75) is 50.0 Å². The molecule has 3 aromatic carbocycles. The number of amides is 1. The number of sulfonamides is 1. The number of hydrogen-bond acceptors (Lipinski definition) is 4. The molecule has 0 bridgehead atoms. The Morgan fingerprint density at radius 2 is 1.83 bits per heavy atom. The van der Waals surface area contributed by atoms with E-state index in [1.165, 1.54) is 22.7 Å². The smallest absolute Gasteiger partial charge is 0.253 e. The van der Waals surface area contributed by atoms with E-state index in [4.69, 9.17) is 23.2 Å². The highest BCUT2D eigenvalue weighted by atomic mass is 35.5. The summed E-state index contributed by atoms with van der Waals surface area (Å²) < 4.78 is 42.7. The molecule has 1 saturated heterocycles. The number of nitrogens with one attached hydrogen (secondary N) is 1. The maximum Gasteiger partial charge on any atom is 0.253 e. The van der Waals surface area contributed by atoms with Gasteiger partial charge in [0.15, 0.2) is 0 Å². The molecule has 10 heteroatoms. The number of piperidine rings is 1. The van der Waals surface area contributed by atoms with Gasteiger partial charge in [-0.1, -0.05) is 47.0 Å². The molecule has 1 spiro atoms. The second-order valence-electron chi connectivity index (χ2n) is 11.6. The van der Waals surface area contributed by atoms with Crippen molar-refractivity contribution in [3.8, 4) is 0 Å².